The minimum atomic E-state index is -0.487. The molecule has 0 radical (unpaired) electrons. The number of rotatable bonds is 5. The highest BCUT2D eigenvalue weighted by Crippen LogP contribution is 2.43. The maximum atomic E-state index is 9.64. The van der Waals surface area contributed by atoms with E-state index in [0.29, 0.717) is 19.1 Å². The van der Waals surface area contributed by atoms with E-state index in [4.69, 9.17) is 4.74 Å². The van der Waals surface area contributed by atoms with Crippen LogP contribution >= 0.6 is 15.9 Å². The molecule has 0 spiro atoms. The summed E-state index contributed by atoms with van der Waals surface area (Å²) < 4.78 is 7.83. The van der Waals surface area contributed by atoms with Crippen LogP contribution < -0.4 is 0 Å². The largest absolute Gasteiger partial charge is 0.389 e. The summed E-state index contributed by atoms with van der Waals surface area (Å²) in [5.41, 5.74) is 1.21. The number of halogens is 1. The highest BCUT2D eigenvalue weighted by atomic mass is 79.9. The van der Waals surface area contributed by atoms with Gasteiger partial charge in [0.15, 0.2) is 0 Å². The molecule has 1 heterocycles. The Kier molecular flexibility index (Phi) is 3.43. The third-order valence-electron chi connectivity index (χ3n) is 2.54. The fourth-order valence-electron chi connectivity index (χ4n) is 1.72. The maximum Gasteiger partial charge on any atom is 0.0968 e. The molecule has 0 amide bonds. The summed E-state index contributed by atoms with van der Waals surface area (Å²) in [6.45, 7) is 0.854. The van der Waals surface area contributed by atoms with E-state index < -0.39 is 6.10 Å². The molecule has 15 heavy (non-hydrogen) atoms. The molecule has 1 atom stereocenters. The fraction of sp³-hybridized carbons (Fsp3) is 0.700. The summed E-state index contributed by atoms with van der Waals surface area (Å²) in [5.74, 6) is 0.622. The Hall–Kier alpha value is -0.390. The van der Waals surface area contributed by atoms with E-state index in [2.05, 4.69) is 21.0 Å². The van der Waals surface area contributed by atoms with Crippen molar-refractivity contribution < 1.29 is 9.84 Å². The van der Waals surface area contributed by atoms with Gasteiger partial charge in [0.2, 0.25) is 0 Å². The van der Waals surface area contributed by atoms with Crippen molar-refractivity contribution in [2.75, 3.05) is 13.7 Å². The number of aliphatic hydroxyl groups excluding tert-OH is 1. The minimum Gasteiger partial charge on any atom is -0.389 e. The van der Waals surface area contributed by atoms with Gasteiger partial charge in [-0.3, -0.25) is 4.68 Å². The van der Waals surface area contributed by atoms with Gasteiger partial charge in [-0.2, -0.15) is 5.10 Å². The standard InChI is InChI=1S/C10H15BrN2O2/c1-15-6-8(14)5-13-10(7-2-3-7)9(11)4-12-13/h4,7-8,14H,2-3,5-6H2,1H3/t8-/m0/s1. The highest BCUT2D eigenvalue weighted by Gasteiger charge is 2.29. The summed E-state index contributed by atoms with van der Waals surface area (Å²) in [7, 11) is 1.59. The van der Waals surface area contributed by atoms with Crippen LogP contribution in [0.15, 0.2) is 10.7 Å². The van der Waals surface area contributed by atoms with Crippen LogP contribution in [0.25, 0.3) is 0 Å². The highest BCUT2D eigenvalue weighted by molar-refractivity contribution is 9.10. The van der Waals surface area contributed by atoms with E-state index in [1.807, 2.05) is 4.68 Å². The summed E-state index contributed by atoms with van der Waals surface area (Å²) in [4.78, 5) is 0. The van der Waals surface area contributed by atoms with Crippen LogP contribution in [0.1, 0.15) is 24.5 Å². The topological polar surface area (TPSA) is 47.3 Å². The van der Waals surface area contributed by atoms with Crippen LogP contribution in [0.3, 0.4) is 0 Å². The second kappa shape index (κ2) is 4.63. The molecule has 1 N–H and O–H groups in total. The van der Waals surface area contributed by atoms with E-state index in [1.165, 1.54) is 18.5 Å². The van der Waals surface area contributed by atoms with Crippen molar-refractivity contribution in [2.24, 2.45) is 0 Å². The first-order valence-electron chi connectivity index (χ1n) is 5.10. The van der Waals surface area contributed by atoms with E-state index in [-0.39, 0.29) is 0 Å². The average molecular weight is 275 g/mol. The van der Waals surface area contributed by atoms with Crippen LogP contribution in [0.2, 0.25) is 0 Å². The Balaban J connectivity index is 2.07. The summed E-state index contributed by atoms with van der Waals surface area (Å²) in [6.07, 6.45) is 3.77. The zero-order valence-electron chi connectivity index (χ0n) is 8.69. The number of methoxy groups -OCH3 is 1. The van der Waals surface area contributed by atoms with E-state index in [0.717, 1.165) is 4.47 Å². The van der Waals surface area contributed by atoms with E-state index in [1.54, 1.807) is 13.3 Å². The van der Waals surface area contributed by atoms with Crippen molar-refractivity contribution in [2.45, 2.75) is 31.4 Å². The second-order valence-corrected chi connectivity index (χ2v) is 4.80. The quantitative estimate of drug-likeness (QED) is 0.886. The molecular weight excluding hydrogens is 260 g/mol. The van der Waals surface area contributed by atoms with Crippen LogP contribution in [-0.2, 0) is 11.3 Å². The Labute approximate surface area is 97.4 Å². The summed E-state index contributed by atoms with van der Waals surface area (Å²) >= 11 is 3.49. The van der Waals surface area contributed by atoms with Crippen molar-refractivity contribution >= 4 is 15.9 Å². The average Bonchev–Trinajstić information content (AvgIpc) is 2.94. The van der Waals surface area contributed by atoms with Crippen LogP contribution in [0.4, 0.5) is 0 Å². The molecule has 1 saturated carbocycles. The molecule has 0 aromatic carbocycles. The molecular formula is C10H15BrN2O2. The van der Waals surface area contributed by atoms with Crippen molar-refractivity contribution in [3.63, 3.8) is 0 Å². The first-order chi connectivity index (χ1) is 7.22. The Morgan fingerprint density at radius 3 is 3.07 bits per heavy atom. The van der Waals surface area contributed by atoms with Crippen LogP contribution in [0, 0.1) is 0 Å². The Bertz CT molecular complexity index is 336. The molecule has 0 bridgehead atoms. The van der Waals surface area contributed by atoms with Gasteiger partial charge in [-0.15, -0.1) is 0 Å². The number of aromatic nitrogens is 2. The normalized spacial score (nSPS) is 18.1. The van der Waals surface area contributed by atoms with Gasteiger partial charge in [0.25, 0.3) is 0 Å². The lowest BCUT2D eigenvalue weighted by molar-refractivity contribution is 0.0508. The first kappa shape index (κ1) is 11.1. The second-order valence-electron chi connectivity index (χ2n) is 3.94. The number of aliphatic hydroxyl groups is 1. The maximum absolute atomic E-state index is 9.64. The molecule has 1 aromatic heterocycles. The lowest BCUT2D eigenvalue weighted by Crippen LogP contribution is -2.22. The van der Waals surface area contributed by atoms with Gasteiger partial charge in [-0.1, -0.05) is 0 Å². The molecule has 5 heteroatoms. The van der Waals surface area contributed by atoms with Gasteiger partial charge in [0.1, 0.15) is 0 Å². The van der Waals surface area contributed by atoms with Gasteiger partial charge < -0.3 is 9.84 Å². The Morgan fingerprint density at radius 1 is 1.73 bits per heavy atom. The molecule has 1 fully saturated rings. The Morgan fingerprint density at radius 2 is 2.47 bits per heavy atom. The minimum absolute atomic E-state index is 0.349. The smallest absolute Gasteiger partial charge is 0.0968 e. The monoisotopic (exact) mass is 274 g/mol. The van der Waals surface area contributed by atoms with Gasteiger partial charge in [0.05, 0.1) is 35.6 Å². The van der Waals surface area contributed by atoms with Gasteiger partial charge in [-0.25, -0.2) is 0 Å². The lowest BCUT2D eigenvalue weighted by atomic mass is 10.3. The van der Waals surface area contributed by atoms with Gasteiger partial charge in [0, 0.05) is 13.0 Å². The molecule has 0 saturated heterocycles. The molecule has 1 aliphatic rings. The molecule has 84 valence electrons. The molecule has 1 aliphatic carbocycles. The number of nitrogens with zero attached hydrogens (tertiary/aromatic N) is 2. The SMILES string of the molecule is COC[C@@H](O)Cn1ncc(Br)c1C1CC1. The molecule has 0 unspecified atom stereocenters. The van der Waals surface area contributed by atoms with E-state index >= 15 is 0 Å². The van der Waals surface area contributed by atoms with Crippen LogP contribution in [-0.4, -0.2) is 34.7 Å². The lowest BCUT2D eigenvalue weighted by Gasteiger charge is -2.12. The van der Waals surface area contributed by atoms with Gasteiger partial charge >= 0.3 is 0 Å². The van der Waals surface area contributed by atoms with Crippen molar-refractivity contribution in [1.29, 1.82) is 0 Å². The number of ether oxygens (including phenoxy) is 1. The number of hydrogen-bond donors (Lipinski definition) is 1. The first-order valence-corrected chi connectivity index (χ1v) is 5.90. The molecule has 2 rings (SSSR count). The predicted octanol–water partition coefficient (Wildman–Crippen LogP) is 1.53. The summed E-state index contributed by atoms with van der Waals surface area (Å²) in [6, 6.07) is 0. The van der Waals surface area contributed by atoms with Crippen LogP contribution in [0.5, 0.6) is 0 Å². The number of hydrogen-bond acceptors (Lipinski definition) is 3. The predicted molar refractivity (Wildman–Crippen MR) is 59.8 cm³/mol. The third kappa shape index (κ3) is 2.59. The van der Waals surface area contributed by atoms with Gasteiger partial charge in [-0.05, 0) is 28.8 Å². The molecule has 0 aliphatic heterocycles. The zero-order chi connectivity index (χ0) is 10.8. The summed E-state index contributed by atoms with van der Waals surface area (Å²) in [5, 5.41) is 13.9. The molecule has 4 nitrogen and oxygen atoms in total. The van der Waals surface area contributed by atoms with E-state index in [9.17, 15) is 5.11 Å². The van der Waals surface area contributed by atoms with Crippen molar-refractivity contribution in [1.82, 2.24) is 9.78 Å². The van der Waals surface area contributed by atoms with Crippen molar-refractivity contribution in [3.8, 4) is 0 Å². The fourth-order valence-corrected chi connectivity index (χ4v) is 2.34. The third-order valence-corrected chi connectivity index (χ3v) is 3.15. The molecule has 1 aromatic rings. The zero-order valence-corrected chi connectivity index (χ0v) is 10.3. The van der Waals surface area contributed by atoms with Crippen molar-refractivity contribution in [3.05, 3.63) is 16.4 Å².